The molecule has 0 saturated carbocycles. The third-order valence-corrected chi connectivity index (χ3v) is 4.27. The number of amides is 1. The van der Waals surface area contributed by atoms with Crippen molar-refractivity contribution >= 4 is 34.6 Å². The van der Waals surface area contributed by atoms with Crippen molar-refractivity contribution in [2.75, 3.05) is 31.4 Å². The number of thiocarbonyl (C=S) groups is 1. The van der Waals surface area contributed by atoms with Crippen LogP contribution in [0, 0.1) is 5.92 Å². The van der Waals surface area contributed by atoms with Crippen molar-refractivity contribution in [1.82, 2.24) is 4.90 Å². The molecule has 0 spiro atoms. The first kappa shape index (κ1) is 15.6. The largest absolute Gasteiger partial charge is 0.506 e. The van der Waals surface area contributed by atoms with Crippen molar-refractivity contribution in [3.05, 3.63) is 17.7 Å². The van der Waals surface area contributed by atoms with E-state index >= 15 is 0 Å². The predicted molar refractivity (Wildman–Crippen MR) is 88.9 cm³/mol. The number of aryl methyl sites for hydroxylation is 1. The smallest absolute Gasteiger partial charge is 0.229 e. The Bertz CT molecular complexity index is 587. The highest BCUT2D eigenvalue weighted by Crippen LogP contribution is 2.36. The molecule has 1 atom stereocenters. The molecule has 0 fully saturated rings. The number of nitrogens with zero attached hydrogens (tertiary/aromatic N) is 2. The first-order valence-corrected chi connectivity index (χ1v) is 7.34. The summed E-state index contributed by atoms with van der Waals surface area (Å²) in [5.74, 6) is 0.161. The van der Waals surface area contributed by atoms with Crippen molar-refractivity contribution in [1.29, 1.82) is 0 Å². The van der Waals surface area contributed by atoms with Crippen LogP contribution in [0.3, 0.4) is 0 Å². The van der Waals surface area contributed by atoms with E-state index in [4.69, 9.17) is 12.2 Å². The van der Waals surface area contributed by atoms with E-state index < -0.39 is 0 Å². The minimum atomic E-state index is -0.0104. The molecule has 0 saturated heterocycles. The Labute approximate surface area is 130 Å². The van der Waals surface area contributed by atoms with E-state index in [0.29, 0.717) is 10.8 Å². The van der Waals surface area contributed by atoms with Crippen molar-refractivity contribution in [2.24, 2.45) is 5.92 Å². The quantitative estimate of drug-likeness (QED) is 0.615. The molecule has 2 rings (SSSR count). The van der Waals surface area contributed by atoms with Crippen LogP contribution in [0.4, 0.5) is 11.4 Å². The van der Waals surface area contributed by atoms with Crippen LogP contribution in [0.15, 0.2) is 12.1 Å². The summed E-state index contributed by atoms with van der Waals surface area (Å²) in [6.45, 7) is 1.94. The number of benzene rings is 1. The molecular weight excluding hydrogens is 286 g/mol. The molecule has 0 aromatic heterocycles. The van der Waals surface area contributed by atoms with Crippen molar-refractivity contribution in [3.63, 3.8) is 0 Å². The number of anilines is 2. The van der Waals surface area contributed by atoms with Gasteiger partial charge in [-0.3, -0.25) is 4.79 Å². The summed E-state index contributed by atoms with van der Waals surface area (Å²) in [6, 6.07) is 3.51. The van der Waals surface area contributed by atoms with Gasteiger partial charge in [-0.1, -0.05) is 6.92 Å². The minimum absolute atomic E-state index is 0.0104. The zero-order chi connectivity index (χ0) is 15.7. The van der Waals surface area contributed by atoms with Crippen molar-refractivity contribution in [3.8, 4) is 5.75 Å². The van der Waals surface area contributed by atoms with E-state index in [9.17, 15) is 9.90 Å². The second-order valence-electron chi connectivity index (χ2n) is 5.66. The normalized spacial score (nSPS) is 18.0. The molecule has 1 heterocycles. The number of phenols is 1. The average Bonchev–Trinajstić information content (AvgIpc) is 2.53. The average molecular weight is 307 g/mol. The van der Waals surface area contributed by atoms with E-state index in [1.807, 2.05) is 27.1 Å². The molecular formula is C15H21N3O2S. The van der Waals surface area contributed by atoms with Gasteiger partial charge in [0.25, 0.3) is 0 Å². The van der Waals surface area contributed by atoms with Crippen LogP contribution in [0.25, 0.3) is 0 Å². The molecule has 0 aliphatic carbocycles. The second kappa shape index (κ2) is 5.89. The Kier molecular flexibility index (Phi) is 4.37. The van der Waals surface area contributed by atoms with Crippen molar-refractivity contribution in [2.45, 2.75) is 19.8 Å². The van der Waals surface area contributed by atoms with Gasteiger partial charge in [-0.25, -0.2) is 0 Å². The Balaban J connectivity index is 2.39. The molecule has 6 heteroatoms. The summed E-state index contributed by atoms with van der Waals surface area (Å²) in [6.07, 6.45) is 1.61. The van der Waals surface area contributed by atoms with Gasteiger partial charge >= 0.3 is 0 Å². The lowest BCUT2D eigenvalue weighted by Gasteiger charge is -2.22. The topological polar surface area (TPSA) is 55.8 Å². The van der Waals surface area contributed by atoms with E-state index in [-0.39, 0.29) is 17.6 Å². The number of hydrogen-bond acceptors (Lipinski definition) is 3. The minimum Gasteiger partial charge on any atom is -0.506 e. The molecule has 2 N–H and O–H groups in total. The third kappa shape index (κ3) is 3.10. The van der Waals surface area contributed by atoms with E-state index in [2.05, 4.69) is 5.32 Å². The van der Waals surface area contributed by atoms with Gasteiger partial charge in [0.2, 0.25) is 5.91 Å². The Morgan fingerprint density at radius 1 is 1.48 bits per heavy atom. The highest BCUT2D eigenvalue weighted by atomic mass is 32.1. The lowest BCUT2D eigenvalue weighted by Crippen LogP contribution is -2.30. The van der Waals surface area contributed by atoms with Gasteiger partial charge in [0.05, 0.1) is 11.4 Å². The molecule has 114 valence electrons. The fourth-order valence-electron chi connectivity index (χ4n) is 2.41. The summed E-state index contributed by atoms with van der Waals surface area (Å²) in [5, 5.41) is 13.7. The maximum absolute atomic E-state index is 12.2. The molecule has 1 aliphatic heterocycles. The summed E-state index contributed by atoms with van der Waals surface area (Å²) in [7, 11) is 5.42. The van der Waals surface area contributed by atoms with Crippen LogP contribution in [-0.2, 0) is 11.2 Å². The maximum Gasteiger partial charge on any atom is 0.229 e. The van der Waals surface area contributed by atoms with Crippen LogP contribution in [-0.4, -0.2) is 42.2 Å². The fraction of sp³-hybridized carbons (Fsp3) is 0.467. The molecule has 21 heavy (non-hydrogen) atoms. The van der Waals surface area contributed by atoms with Gasteiger partial charge in [-0.2, -0.15) is 0 Å². The number of nitrogens with one attached hydrogen (secondary N) is 1. The third-order valence-electron chi connectivity index (χ3n) is 3.80. The van der Waals surface area contributed by atoms with Crippen LogP contribution >= 0.6 is 12.2 Å². The number of carbonyl (C=O) groups excluding carboxylic acids is 1. The molecule has 1 amide bonds. The van der Waals surface area contributed by atoms with Crippen LogP contribution in [0.1, 0.15) is 18.9 Å². The molecule has 5 nitrogen and oxygen atoms in total. The van der Waals surface area contributed by atoms with Crippen LogP contribution in [0.2, 0.25) is 0 Å². The Morgan fingerprint density at radius 2 is 2.14 bits per heavy atom. The molecule has 1 aromatic rings. The number of carbonyl (C=O) groups is 1. The zero-order valence-electron chi connectivity index (χ0n) is 12.8. The highest BCUT2D eigenvalue weighted by Gasteiger charge is 2.26. The standard InChI is InChI=1S/C15H21N3O2S/c1-9-5-6-10-7-11(16-15(21)17(2)3)13(19)8-12(10)18(4)14(9)20/h7-9,19H,5-6H2,1-4H3,(H,16,21). The number of hydrogen-bond donors (Lipinski definition) is 2. The lowest BCUT2D eigenvalue weighted by molar-refractivity contribution is -0.121. The molecule has 0 radical (unpaired) electrons. The van der Waals surface area contributed by atoms with E-state index in [1.165, 1.54) is 0 Å². The van der Waals surface area contributed by atoms with Gasteiger partial charge < -0.3 is 20.2 Å². The van der Waals surface area contributed by atoms with E-state index in [1.54, 1.807) is 22.9 Å². The van der Waals surface area contributed by atoms with E-state index in [0.717, 1.165) is 24.1 Å². The molecule has 0 bridgehead atoms. The zero-order valence-corrected chi connectivity index (χ0v) is 13.6. The Morgan fingerprint density at radius 3 is 2.76 bits per heavy atom. The summed E-state index contributed by atoms with van der Waals surface area (Å²) < 4.78 is 0. The van der Waals surface area contributed by atoms with Gasteiger partial charge in [0.1, 0.15) is 5.75 Å². The number of phenolic OH excluding ortho intramolecular Hbond substituents is 1. The summed E-state index contributed by atoms with van der Waals surface area (Å²) >= 11 is 5.20. The monoisotopic (exact) mass is 307 g/mol. The van der Waals surface area contributed by atoms with Gasteiger partial charge in [-0.05, 0) is 36.7 Å². The maximum atomic E-state index is 12.2. The lowest BCUT2D eigenvalue weighted by atomic mass is 10.0. The van der Waals surface area contributed by atoms with Gasteiger partial charge in [-0.15, -0.1) is 0 Å². The summed E-state index contributed by atoms with van der Waals surface area (Å²) in [4.78, 5) is 15.6. The first-order chi connectivity index (χ1) is 9.81. The number of aromatic hydroxyl groups is 1. The fourth-order valence-corrected chi connectivity index (χ4v) is 2.52. The Hall–Kier alpha value is -1.82. The second-order valence-corrected chi connectivity index (χ2v) is 6.05. The predicted octanol–water partition coefficient (Wildman–Crippen LogP) is 2.20. The van der Waals surface area contributed by atoms with Crippen LogP contribution < -0.4 is 10.2 Å². The van der Waals surface area contributed by atoms with Crippen molar-refractivity contribution < 1.29 is 9.90 Å². The molecule has 1 aliphatic rings. The number of rotatable bonds is 1. The molecule has 1 aromatic carbocycles. The molecule has 1 unspecified atom stereocenters. The highest BCUT2D eigenvalue weighted by molar-refractivity contribution is 7.80. The van der Waals surface area contributed by atoms with Gasteiger partial charge in [0.15, 0.2) is 5.11 Å². The SMILES string of the molecule is CC1CCc2cc(NC(=S)N(C)C)c(O)cc2N(C)C1=O. The number of fused-ring (bicyclic) bond motifs is 1. The summed E-state index contributed by atoms with van der Waals surface area (Å²) in [5.41, 5.74) is 2.38. The first-order valence-electron chi connectivity index (χ1n) is 6.93. The van der Waals surface area contributed by atoms with Gasteiger partial charge in [0, 0.05) is 33.1 Å². The van der Waals surface area contributed by atoms with Crippen LogP contribution in [0.5, 0.6) is 5.75 Å².